The molecule has 0 atom stereocenters. The van der Waals surface area contributed by atoms with Gasteiger partial charge in [0, 0.05) is 11.4 Å². The monoisotopic (exact) mass is 329 g/mol. The SMILES string of the molecule is O=C(c1cccs1)N(c1ccccc1)c1ccc2ccccc2c1. The highest BCUT2D eigenvalue weighted by Gasteiger charge is 2.20. The number of nitrogens with zero attached hydrogens (tertiary/aromatic N) is 1. The summed E-state index contributed by atoms with van der Waals surface area (Å²) in [7, 11) is 0. The number of anilines is 2. The van der Waals surface area contributed by atoms with Crippen LogP contribution in [0.4, 0.5) is 11.4 Å². The quantitative estimate of drug-likeness (QED) is 0.459. The summed E-state index contributed by atoms with van der Waals surface area (Å²) in [4.78, 5) is 15.6. The molecule has 4 rings (SSSR count). The number of benzene rings is 3. The smallest absolute Gasteiger partial charge is 0.272 e. The molecule has 0 aliphatic rings. The standard InChI is InChI=1S/C21H15NOS/c23-21(20-11-6-14-24-20)22(18-9-2-1-3-10-18)19-13-12-16-7-4-5-8-17(16)15-19/h1-15H. The summed E-state index contributed by atoms with van der Waals surface area (Å²) < 4.78 is 0. The number of carbonyl (C=O) groups excluding carboxylic acids is 1. The number of para-hydroxylation sites is 1. The Morgan fingerprint density at radius 3 is 2.21 bits per heavy atom. The molecule has 0 fully saturated rings. The zero-order chi connectivity index (χ0) is 16.4. The molecular formula is C21H15NOS. The molecule has 0 spiro atoms. The van der Waals surface area contributed by atoms with Crippen molar-refractivity contribution in [3.05, 3.63) is 95.2 Å². The third-order valence-electron chi connectivity index (χ3n) is 3.94. The first-order chi connectivity index (χ1) is 11.8. The van der Waals surface area contributed by atoms with Crippen LogP contribution in [-0.2, 0) is 0 Å². The molecule has 0 aliphatic heterocycles. The van der Waals surface area contributed by atoms with E-state index in [1.165, 1.54) is 11.3 Å². The minimum Gasteiger partial charge on any atom is -0.276 e. The van der Waals surface area contributed by atoms with Crippen LogP contribution in [-0.4, -0.2) is 5.91 Å². The molecule has 0 saturated carbocycles. The average molecular weight is 329 g/mol. The minimum absolute atomic E-state index is 0.00789. The van der Waals surface area contributed by atoms with Crippen molar-refractivity contribution in [1.82, 2.24) is 0 Å². The van der Waals surface area contributed by atoms with Gasteiger partial charge in [-0.3, -0.25) is 9.69 Å². The zero-order valence-corrected chi connectivity index (χ0v) is 13.7. The summed E-state index contributed by atoms with van der Waals surface area (Å²) >= 11 is 1.46. The fourth-order valence-electron chi connectivity index (χ4n) is 2.79. The lowest BCUT2D eigenvalue weighted by Gasteiger charge is -2.23. The summed E-state index contributed by atoms with van der Waals surface area (Å²) in [5.41, 5.74) is 1.74. The summed E-state index contributed by atoms with van der Waals surface area (Å²) in [6.07, 6.45) is 0. The molecule has 2 nitrogen and oxygen atoms in total. The second kappa shape index (κ2) is 6.30. The summed E-state index contributed by atoms with van der Waals surface area (Å²) in [6.45, 7) is 0. The molecule has 0 radical (unpaired) electrons. The van der Waals surface area contributed by atoms with E-state index in [1.54, 1.807) is 4.90 Å². The number of rotatable bonds is 3. The van der Waals surface area contributed by atoms with E-state index >= 15 is 0 Å². The van der Waals surface area contributed by atoms with Crippen molar-refractivity contribution in [2.45, 2.75) is 0 Å². The van der Waals surface area contributed by atoms with Crippen LogP contribution in [0.3, 0.4) is 0 Å². The van der Waals surface area contributed by atoms with Crippen molar-refractivity contribution in [1.29, 1.82) is 0 Å². The van der Waals surface area contributed by atoms with Crippen molar-refractivity contribution in [2.24, 2.45) is 0 Å². The Morgan fingerprint density at radius 2 is 1.46 bits per heavy atom. The molecule has 1 heterocycles. The lowest BCUT2D eigenvalue weighted by Crippen LogP contribution is -2.25. The summed E-state index contributed by atoms with van der Waals surface area (Å²) in [5, 5.41) is 4.21. The molecule has 116 valence electrons. The molecule has 0 N–H and O–H groups in total. The van der Waals surface area contributed by atoms with Crippen molar-refractivity contribution in [2.75, 3.05) is 4.90 Å². The third kappa shape index (κ3) is 2.70. The lowest BCUT2D eigenvalue weighted by molar-refractivity contribution is 0.100. The minimum atomic E-state index is -0.00789. The average Bonchev–Trinajstić information content (AvgIpc) is 3.17. The molecule has 0 saturated heterocycles. The second-order valence-corrected chi connectivity index (χ2v) is 6.43. The fourth-order valence-corrected chi connectivity index (χ4v) is 3.44. The van der Waals surface area contributed by atoms with Gasteiger partial charge in [-0.15, -0.1) is 11.3 Å². The molecule has 0 bridgehead atoms. The van der Waals surface area contributed by atoms with Crippen LogP contribution in [0.2, 0.25) is 0 Å². The highest BCUT2D eigenvalue weighted by atomic mass is 32.1. The van der Waals surface area contributed by atoms with Gasteiger partial charge in [0.05, 0.1) is 4.88 Å². The maximum atomic E-state index is 13.1. The Bertz CT molecular complexity index is 977. The first-order valence-corrected chi connectivity index (χ1v) is 8.63. The van der Waals surface area contributed by atoms with Gasteiger partial charge in [0.2, 0.25) is 0 Å². The molecule has 24 heavy (non-hydrogen) atoms. The van der Waals surface area contributed by atoms with Crippen LogP contribution in [0.5, 0.6) is 0 Å². The predicted molar refractivity (Wildman–Crippen MR) is 101 cm³/mol. The first-order valence-electron chi connectivity index (χ1n) is 7.75. The molecule has 3 heteroatoms. The molecule has 0 unspecified atom stereocenters. The van der Waals surface area contributed by atoms with E-state index in [0.717, 1.165) is 27.0 Å². The van der Waals surface area contributed by atoms with Crippen LogP contribution in [0, 0.1) is 0 Å². The highest BCUT2D eigenvalue weighted by molar-refractivity contribution is 7.12. The summed E-state index contributed by atoms with van der Waals surface area (Å²) in [5.74, 6) is -0.00789. The maximum Gasteiger partial charge on any atom is 0.272 e. The van der Waals surface area contributed by atoms with E-state index in [1.807, 2.05) is 66.0 Å². The van der Waals surface area contributed by atoms with E-state index in [0.29, 0.717) is 0 Å². The van der Waals surface area contributed by atoms with E-state index in [4.69, 9.17) is 0 Å². The number of hydrogen-bond acceptors (Lipinski definition) is 2. The Kier molecular flexibility index (Phi) is 3.85. The molecule has 1 aromatic heterocycles. The number of amides is 1. The lowest BCUT2D eigenvalue weighted by atomic mass is 10.1. The van der Waals surface area contributed by atoms with Crippen LogP contribution >= 0.6 is 11.3 Å². The van der Waals surface area contributed by atoms with Gasteiger partial charge in [0.1, 0.15) is 0 Å². The van der Waals surface area contributed by atoms with Crippen LogP contribution in [0.25, 0.3) is 10.8 Å². The summed E-state index contributed by atoms with van der Waals surface area (Å²) in [6, 6.07) is 27.8. The van der Waals surface area contributed by atoms with Gasteiger partial charge in [-0.1, -0.05) is 54.6 Å². The van der Waals surface area contributed by atoms with Gasteiger partial charge in [-0.05, 0) is 46.5 Å². The maximum absolute atomic E-state index is 13.1. The van der Waals surface area contributed by atoms with Crippen molar-refractivity contribution < 1.29 is 4.79 Å². The van der Waals surface area contributed by atoms with E-state index in [9.17, 15) is 4.79 Å². The van der Waals surface area contributed by atoms with E-state index < -0.39 is 0 Å². The van der Waals surface area contributed by atoms with Crippen LogP contribution in [0.15, 0.2) is 90.3 Å². The second-order valence-electron chi connectivity index (χ2n) is 5.48. The number of hydrogen-bond donors (Lipinski definition) is 0. The fraction of sp³-hybridized carbons (Fsp3) is 0. The number of carbonyl (C=O) groups is 1. The van der Waals surface area contributed by atoms with Crippen molar-refractivity contribution >= 4 is 39.4 Å². The first kappa shape index (κ1) is 14.7. The van der Waals surface area contributed by atoms with Gasteiger partial charge >= 0.3 is 0 Å². The van der Waals surface area contributed by atoms with Gasteiger partial charge in [0.25, 0.3) is 5.91 Å². The van der Waals surface area contributed by atoms with Crippen molar-refractivity contribution in [3.63, 3.8) is 0 Å². The molecule has 0 aliphatic carbocycles. The molecular weight excluding hydrogens is 314 g/mol. The topological polar surface area (TPSA) is 20.3 Å². The molecule has 4 aromatic rings. The van der Waals surface area contributed by atoms with Gasteiger partial charge in [-0.2, -0.15) is 0 Å². The Balaban J connectivity index is 1.86. The largest absolute Gasteiger partial charge is 0.276 e. The molecule has 3 aromatic carbocycles. The highest BCUT2D eigenvalue weighted by Crippen LogP contribution is 2.31. The number of fused-ring (bicyclic) bond motifs is 1. The Hall–Kier alpha value is -2.91. The molecule has 1 amide bonds. The third-order valence-corrected chi connectivity index (χ3v) is 4.80. The predicted octanol–water partition coefficient (Wildman–Crippen LogP) is 5.88. The Morgan fingerprint density at radius 1 is 0.708 bits per heavy atom. The number of thiophene rings is 1. The zero-order valence-electron chi connectivity index (χ0n) is 12.9. The Labute approximate surface area is 144 Å². The van der Waals surface area contributed by atoms with Gasteiger partial charge < -0.3 is 0 Å². The van der Waals surface area contributed by atoms with E-state index in [-0.39, 0.29) is 5.91 Å². The normalized spacial score (nSPS) is 10.7. The van der Waals surface area contributed by atoms with E-state index in [2.05, 4.69) is 24.3 Å². The van der Waals surface area contributed by atoms with Gasteiger partial charge in [0.15, 0.2) is 0 Å². The van der Waals surface area contributed by atoms with Crippen molar-refractivity contribution in [3.8, 4) is 0 Å². The van der Waals surface area contributed by atoms with Gasteiger partial charge in [-0.25, -0.2) is 0 Å². The van der Waals surface area contributed by atoms with Crippen LogP contribution < -0.4 is 4.90 Å². The van der Waals surface area contributed by atoms with Crippen LogP contribution in [0.1, 0.15) is 9.67 Å².